The summed E-state index contributed by atoms with van der Waals surface area (Å²) in [6, 6.07) is 4.59. The van der Waals surface area contributed by atoms with Crippen molar-refractivity contribution in [3.63, 3.8) is 0 Å². The van der Waals surface area contributed by atoms with Crippen molar-refractivity contribution < 1.29 is 5.11 Å². The summed E-state index contributed by atoms with van der Waals surface area (Å²) in [7, 11) is 0. The predicted octanol–water partition coefficient (Wildman–Crippen LogP) is 2.23. The van der Waals surface area contributed by atoms with E-state index in [9.17, 15) is 5.11 Å². The number of aliphatic hydroxyl groups excluding tert-OH is 1. The van der Waals surface area contributed by atoms with Crippen LogP contribution in [0.4, 0.5) is 5.69 Å². The maximum absolute atomic E-state index is 9.29. The van der Waals surface area contributed by atoms with Gasteiger partial charge in [-0.3, -0.25) is 4.98 Å². The number of pyridine rings is 1. The molecule has 1 aliphatic carbocycles. The minimum absolute atomic E-state index is 0.0324. The van der Waals surface area contributed by atoms with Crippen LogP contribution >= 0.6 is 0 Å². The Morgan fingerprint density at radius 1 is 1.37 bits per heavy atom. The SMILES string of the molecule is CC(N)c1ccc(N(CCO)C2CCCCC2)cn1. The van der Waals surface area contributed by atoms with E-state index in [1.54, 1.807) is 0 Å². The van der Waals surface area contributed by atoms with E-state index in [0.717, 1.165) is 11.4 Å². The smallest absolute Gasteiger partial charge is 0.0606 e. The molecule has 4 heteroatoms. The van der Waals surface area contributed by atoms with Crippen molar-refractivity contribution >= 4 is 5.69 Å². The molecule has 2 rings (SSSR count). The topological polar surface area (TPSA) is 62.4 Å². The number of aliphatic hydroxyl groups is 1. The largest absolute Gasteiger partial charge is 0.395 e. The molecule has 19 heavy (non-hydrogen) atoms. The van der Waals surface area contributed by atoms with Crippen LogP contribution in [-0.2, 0) is 0 Å². The summed E-state index contributed by atoms with van der Waals surface area (Å²) in [6.07, 6.45) is 8.24. The highest BCUT2D eigenvalue weighted by atomic mass is 16.3. The van der Waals surface area contributed by atoms with E-state index in [1.165, 1.54) is 32.1 Å². The van der Waals surface area contributed by atoms with Gasteiger partial charge in [-0.25, -0.2) is 0 Å². The van der Waals surface area contributed by atoms with Gasteiger partial charge in [-0.05, 0) is 31.9 Å². The van der Waals surface area contributed by atoms with Gasteiger partial charge >= 0.3 is 0 Å². The Hall–Kier alpha value is -1.13. The molecule has 0 radical (unpaired) electrons. The van der Waals surface area contributed by atoms with E-state index in [-0.39, 0.29) is 12.6 Å². The van der Waals surface area contributed by atoms with Gasteiger partial charge in [-0.1, -0.05) is 19.3 Å². The van der Waals surface area contributed by atoms with Crippen molar-refractivity contribution in [1.29, 1.82) is 0 Å². The predicted molar refractivity (Wildman–Crippen MR) is 78.1 cm³/mol. The molecule has 1 saturated carbocycles. The lowest BCUT2D eigenvalue weighted by atomic mass is 9.94. The van der Waals surface area contributed by atoms with Crippen LogP contribution in [0.5, 0.6) is 0 Å². The molecule has 0 spiro atoms. The third-order valence-electron chi connectivity index (χ3n) is 3.93. The number of aromatic nitrogens is 1. The van der Waals surface area contributed by atoms with E-state index < -0.39 is 0 Å². The number of hydrogen-bond acceptors (Lipinski definition) is 4. The van der Waals surface area contributed by atoms with Crippen molar-refractivity contribution in [3.05, 3.63) is 24.0 Å². The molecule has 0 amide bonds. The lowest BCUT2D eigenvalue weighted by molar-refractivity contribution is 0.290. The van der Waals surface area contributed by atoms with E-state index in [1.807, 2.05) is 19.2 Å². The fourth-order valence-corrected chi connectivity index (χ4v) is 2.86. The zero-order valence-electron chi connectivity index (χ0n) is 11.8. The first kappa shape index (κ1) is 14.3. The van der Waals surface area contributed by atoms with Gasteiger partial charge in [0.15, 0.2) is 0 Å². The highest BCUT2D eigenvalue weighted by Crippen LogP contribution is 2.27. The quantitative estimate of drug-likeness (QED) is 0.855. The molecule has 3 N–H and O–H groups in total. The third-order valence-corrected chi connectivity index (χ3v) is 3.93. The van der Waals surface area contributed by atoms with Crippen LogP contribution in [-0.4, -0.2) is 29.3 Å². The monoisotopic (exact) mass is 263 g/mol. The van der Waals surface area contributed by atoms with Crippen LogP contribution in [0.15, 0.2) is 18.3 Å². The lowest BCUT2D eigenvalue weighted by Crippen LogP contribution is -2.39. The Labute approximate surface area is 115 Å². The van der Waals surface area contributed by atoms with Gasteiger partial charge in [0.2, 0.25) is 0 Å². The van der Waals surface area contributed by atoms with Crippen molar-refractivity contribution in [2.75, 3.05) is 18.1 Å². The molecular weight excluding hydrogens is 238 g/mol. The number of nitrogens with zero attached hydrogens (tertiary/aromatic N) is 2. The second-order valence-corrected chi connectivity index (χ2v) is 5.44. The average Bonchev–Trinajstić information content (AvgIpc) is 2.46. The summed E-state index contributed by atoms with van der Waals surface area (Å²) < 4.78 is 0. The zero-order valence-corrected chi connectivity index (χ0v) is 11.8. The standard InChI is InChI=1S/C15H25N3O/c1-12(16)15-8-7-14(11-17-15)18(9-10-19)13-5-3-2-4-6-13/h7-8,11-13,19H,2-6,9-10,16H2,1H3. The molecule has 1 aromatic heterocycles. The molecule has 4 nitrogen and oxygen atoms in total. The molecule has 1 aromatic rings. The first-order valence-electron chi connectivity index (χ1n) is 7.31. The normalized spacial score (nSPS) is 18.3. The summed E-state index contributed by atoms with van der Waals surface area (Å²) in [4.78, 5) is 6.73. The molecule has 1 fully saturated rings. The number of rotatable bonds is 5. The van der Waals surface area contributed by atoms with E-state index in [2.05, 4.69) is 16.0 Å². The summed E-state index contributed by atoms with van der Waals surface area (Å²) in [6.45, 7) is 2.81. The van der Waals surface area contributed by atoms with Gasteiger partial charge in [0.25, 0.3) is 0 Å². The van der Waals surface area contributed by atoms with Gasteiger partial charge in [-0.2, -0.15) is 0 Å². The molecule has 0 bridgehead atoms. The van der Waals surface area contributed by atoms with Crippen LogP contribution in [0.25, 0.3) is 0 Å². The highest BCUT2D eigenvalue weighted by molar-refractivity contribution is 5.46. The molecule has 0 saturated heterocycles. The van der Waals surface area contributed by atoms with E-state index >= 15 is 0 Å². The zero-order chi connectivity index (χ0) is 13.7. The summed E-state index contributed by atoms with van der Waals surface area (Å²) in [5, 5.41) is 9.29. The van der Waals surface area contributed by atoms with Crippen molar-refractivity contribution in [2.24, 2.45) is 5.73 Å². The molecular formula is C15H25N3O. The molecule has 1 aliphatic rings. The lowest BCUT2D eigenvalue weighted by Gasteiger charge is -2.35. The second kappa shape index (κ2) is 6.87. The number of nitrogens with two attached hydrogens (primary N) is 1. The maximum Gasteiger partial charge on any atom is 0.0606 e. The second-order valence-electron chi connectivity index (χ2n) is 5.44. The third kappa shape index (κ3) is 3.67. The fourth-order valence-electron chi connectivity index (χ4n) is 2.86. The number of hydrogen-bond donors (Lipinski definition) is 2. The molecule has 1 unspecified atom stereocenters. The maximum atomic E-state index is 9.29. The Bertz CT molecular complexity index is 371. The first-order chi connectivity index (χ1) is 9.22. The fraction of sp³-hybridized carbons (Fsp3) is 0.667. The summed E-state index contributed by atoms with van der Waals surface area (Å²) in [5.41, 5.74) is 7.84. The Morgan fingerprint density at radius 2 is 2.11 bits per heavy atom. The Morgan fingerprint density at radius 3 is 2.63 bits per heavy atom. The van der Waals surface area contributed by atoms with Gasteiger partial charge in [-0.15, -0.1) is 0 Å². The molecule has 1 atom stereocenters. The summed E-state index contributed by atoms with van der Waals surface area (Å²) >= 11 is 0. The van der Waals surface area contributed by atoms with Crippen molar-refractivity contribution in [2.45, 2.75) is 51.1 Å². The van der Waals surface area contributed by atoms with Crippen molar-refractivity contribution in [1.82, 2.24) is 4.98 Å². The van der Waals surface area contributed by atoms with E-state index in [0.29, 0.717) is 12.6 Å². The highest BCUT2D eigenvalue weighted by Gasteiger charge is 2.21. The summed E-state index contributed by atoms with van der Waals surface area (Å²) in [5.74, 6) is 0. The van der Waals surface area contributed by atoms with Gasteiger partial charge in [0.1, 0.15) is 0 Å². The number of anilines is 1. The van der Waals surface area contributed by atoms with Crippen molar-refractivity contribution in [3.8, 4) is 0 Å². The van der Waals surface area contributed by atoms with Crippen LogP contribution in [0.1, 0.15) is 50.8 Å². The van der Waals surface area contributed by atoms with E-state index in [4.69, 9.17) is 5.73 Å². The molecule has 0 aliphatic heterocycles. The van der Waals surface area contributed by atoms with Gasteiger partial charge in [0, 0.05) is 18.6 Å². The van der Waals surface area contributed by atoms with Crippen LogP contribution < -0.4 is 10.6 Å². The average molecular weight is 263 g/mol. The van der Waals surface area contributed by atoms with Crippen LogP contribution in [0.2, 0.25) is 0 Å². The minimum atomic E-state index is -0.0324. The minimum Gasteiger partial charge on any atom is -0.395 e. The Balaban J connectivity index is 2.13. The molecule has 0 aromatic carbocycles. The van der Waals surface area contributed by atoms with Gasteiger partial charge < -0.3 is 15.7 Å². The van der Waals surface area contributed by atoms with Crippen LogP contribution in [0.3, 0.4) is 0 Å². The molecule has 106 valence electrons. The first-order valence-corrected chi connectivity index (χ1v) is 7.31. The Kier molecular flexibility index (Phi) is 5.16. The molecule has 1 heterocycles. The van der Waals surface area contributed by atoms with Gasteiger partial charge in [0.05, 0.1) is 24.2 Å². The van der Waals surface area contributed by atoms with Crippen LogP contribution in [0, 0.1) is 0 Å².